The molecule has 0 spiro atoms. The molecule has 152 valence electrons. The molecule has 0 bridgehead atoms. The van der Waals surface area contributed by atoms with Gasteiger partial charge in [0.15, 0.2) is 0 Å². The van der Waals surface area contributed by atoms with Crippen molar-refractivity contribution in [3.63, 3.8) is 0 Å². The molecule has 0 radical (unpaired) electrons. The second kappa shape index (κ2) is 10.0. The molecule has 2 aromatic rings. The van der Waals surface area contributed by atoms with Gasteiger partial charge >= 0.3 is 11.9 Å². The Balaban J connectivity index is 1.93. The number of nitrogen functional groups attached to an aromatic ring is 1. The number of aliphatic carboxylic acids is 2. The number of hydrogen-bond donors (Lipinski definition) is 5. The first kappa shape index (κ1) is 21.6. The number of amides is 1. The third-order valence-electron chi connectivity index (χ3n) is 4.44. The zero-order valence-electron chi connectivity index (χ0n) is 15.7. The predicted molar refractivity (Wildman–Crippen MR) is 108 cm³/mol. The van der Waals surface area contributed by atoms with Gasteiger partial charge in [-0.25, -0.2) is 0 Å². The van der Waals surface area contributed by atoms with E-state index >= 15 is 0 Å². The summed E-state index contributed by atoms with van der Waals surface area (Å²) in [6.07, 6.45) is -0.233. The highest BCUT2D eigenvalue weighted by Gasteiger charge is 2.17. The molecule has 0 unspecified atom stereocenters. The average molecular weight is 397 g/mol. The van der Waals surface area contributed by atoms with E-state index in [4.69, 9.17) is 21.4 Å². The maximum atomic E-state index is 12.3. The number of amidine groups is 1. The molecule has 0 aromatic heterocycles. The first-order valence-electron chi connectivity index (χ1n) is 9.03. The van der Waals surface area contributed by atoms with Crippen LogP contribution in [0.5, 0.6) is 0 Å². The summed E-state index contributed by atoms with van der Waals surface area (Å²) in [5, 5.41) is 27.8. The van der Waals surface area contributed by atoms with Gasteiger partial charge in [-0.2, -0.15) is 0 Å². The van der Waals surface area contributed by atoms with E-state index in [0.717, 1.165) is 11.1 Å². The topological polar surface area (TPSA) is 154 Å². The Hall–Kier alpha value is -3.68. The molecular weight excluding hydrogens is 374 g/mol. The molecule has 0 heterocycles. The van der Waals surface area contributed by atoms with Gasteiger partial charge in [-0.15, -0.1) is 0 Å². The lowest BCUT2D eigenvalue weighted by Gasteiger charge is -2.13. The number of carbonyl (C=O) groups excluding carboxylic acids is 1. The number of nitrogens with one attached hydrogen (secondary N) is 2. The van der Waals surface area contributed by atoms with Crippen LogP contribution in [0.3, 0.4) is 0 Å². The Bertz CT molecular complexity index is 876. The molecule has 0 atom stereocenters. The van der Waals surface area contributed by atoms with Crippen LogP contribution in [0.25, 0.3) is 11.1 Å². The minimum absolute atomic E-state index is 0.00230. The third-order valence-corrected chi connectivity index (χ3v) is 4.44. The van der Waals surface area contributed by atoms with E-state index in [-0.39, 0.29) is 37.6 Å². The van der Waals surface area contributed by atoms with Crippen molar-refractivity contribution < 1.29 is 24.6 Å². The number of carboxylic acids is 2. The summed E-state index contributed by atoms with van der Waals surface area (Å²) >= 11 is 0. The summed E-state index contributed by atoms with van der Waals surface area (Å²) in [5.74, 6) is -2.97. The summed E-state index contributed by atoms with van der Waals surface area (Å²) in [7, 11) is 0. The average Bonchev–Trinajstić information content (AvgIpc) is 2.67. The summed E-state index contributed by atoms with van der Waals surface area (Å²) in [5.41, 5.74) is 8.35. The van der Waals surface area contributed by atoms with Crippen molar-refractivity contribution in [2.75, 3.05) is 6.54 Å². The van der Waals surface area contributed by atoms with Crippen LogP contribution in [-0.4, -0.2) is 40.4 Å². The van der Waals surface area contributed by atoms with Crippen molar-refractivity contribution in [1.29, 1.82) is 5.41 Å². The van der Waals surface area contributed by atoms with Crippen LogP contribution in [0.15, 0.2) is 48.5 Å². The van der Waals surface area contributed by atoms with Crippen LogP contribution in [0.2, 0.25) is 0 Å². The lowest BCUT2D eigenvalue weighted by molar-refractivity contribution is -0.140. The normalized spacial score (nSPS) is 10.5. The Morgan fingerprint density at radius 2 is 1.31 bits per heavy atom. The van der Waals surface area contributed by atoms with Crippen LogP contribution in [0.4, 0.5) is 0 Å². The van der Waals surface area contributed by atoms with Gasteiger partial charge in [-0.3, -0.25) is 19.8 Å². The summed E-state index contributed by atoms with van der Waals surface area (Å²) in [4.78, 5) is 33.9. The van der Waals surface area contributed by atoms with Gasteiger partial charge in [0, 0.05) is 30.5 Å². The summed E-state index contributed by atoms with van der Waals surface area (Å²) in [6.45, 7) is 0.193. The van der Waals surface area contributed by atoms with E-state index < -0.39 is 17.9 Å². The maximum absolute atomic E-state index is 12.3. The molecule has 2 rings (SSSR count). The number of carboxylic acid groups (broad SMARTS) is 2. The van der Waals surface area contributed by atoms with E-state index in [1.165, 1.54) is 0 Å². The molecule has 0 fully saturated rings. The second-order valence-electron chi connectivity index (χ2n) is 6.67. The second-order valence-corrected chi connectivity index (χ2v) is 6.67. The van der Waals surface area contributed by atoms with Crippen molar-refractivity contribution in [2.45, 2.75) is 19.3 Å². The standard InChI is InChI=1S/C21H23N3O5/c22-20(23)16-5-1-14(2-6-16)15-3-7-17(8-4-15)21(29)24-10-9-13(11-18(25)26)12-19(27)28/h1-8,13H,9-12H2,(H3,22,23)(H,24,29)(H,25,26)(H,27,28). The lowest BCUT2D eigenvalue weighted by Crippen LogP contribution is -2.27. The molecule has 8 nitrogen and oxygen atoms in total. The number of benzene rings is 2. The van der Waals surface area contributed by atoms with Crippen molar-refractivity contribution in [1.82, 2.24) is 5.32 Å². The monoisotopic (exact) mass is 397 g/mol. The van der Waals surface area contributed by atoms with Crippen molar-refractivity contribution in [2.24, 2.45) is 11.7 Å². The van der Waals surface area contributed by atoms with Gasteiger partial charge in [-0.05, 0) is 35.6 Å². The molecule has 0 aliphatic heterocycles. The summed E-state index contributed by atoms with van der Waals surface area (Å²) in [6, 6.07) is 14.1. The van der Waals surface area contributed by atoms with Crippen LogP contribution in [-0.2, 0) is 9.59 Å². The van der Waals surface area contributed by atoms with E-state index in [9.17, 15) is 14.4 Å². The van der Waals surface area contributed by atoms with Gasteiger partial charge in [0.2, 0.25) is 0 Å². The minimum atomic E-state index is -1.06. The molecule has 6 N–H and O–H groups in total. The first-order valence-corrected chi connectivity index (χ1v) is 9.03. The fourth-order valence-corrected chi connectivity index (χ4v) is 2.92. The summed E-state index contributed by atoms with van der Waals surface area (Å²) < 4.78 is 0. The van der Waals surface area contributed by atoms with Gasteiger partial charge in [0.25, 0.3) is 5.91 Å². The van der Waals surface area contributed by atoms with Crippen LogP contribution in [0, 0.1) is 11.3 Å². The number of rotatable bonds is 10. The van der Waals surface area contributed by atoms with Gasteiger partial charge in [0.05, 0.1) is 0 Å². The number of nitrogens with two attached hydrogens (primary N) is 1. The first-order chi connectivity index (χ1) is 13.8. The van der Waals surface area contributed by atoms with Crippen molar-refractivity contribution in [3.8, 4) is 11.1 Å². The van der Waals surface area contributed by atoms with Crippen molar-refractivity contribution >= 4 is 23.7 Å². The maximum Gasteiger partial charge on any atom is 0.303 e. The Labute approximate surface area is 167 Å². The fourth-order valence-electron chi connectivity index (χ4n) is 2.92. The molecule has 8 heteroatoms. The zero-order valence-corrected chi connectivity index (χ0v) is 15.7. The fraction of sp³-hybridized carbons (Fsp3) is 0.238. The Kier molecular flexibility index (Phi) is 7.47. The van der Waals surface area contributed by atoms with Gasteiger partial charge in [0.1, 0.15) is 5.84 Å². The number of carbonyl (C=O) groups is 3. The SMILES string of the molecule is N=C(N)c1ccc(-c2ccc(C(=O)NCCC(CC(=O)O)CC(=O)O)cc2)cc1. The Morgan fingerprint density at radius 1 is 0.862 bits per heavy atom. The van der Waals surface area contributed by atoms with E-state index in [0.29, 0.717) is 11.1 Å². The van der Waals surface area contributed by atoms with Gasteiger partial charge in [-0.1, -0.05) is 36.4 Å². The van der Waals surface area contributed by atoms with Crippen LogP contribution < -0.4 is 11.1 Å². The quantitative estimate of drug-likeness (QED) is 0.306. The largest absolute Gasteiger partial charge is 0.481 e. The molecule has 0 aliphatic carbocycles. The molecule has 29 heavy (non-hydrogen) atoms. The van der Waals surface area contributed by atoms with E-state index in [1.807, 2.05) is 12.1 Å². The zero-order chi connectivity index (χ0) is 21.4. The van der Waals surface area contributed by atoms with E-state index in [1.54, 1.807) is 36.4 Å². The molecule has 0 saturated heterocycles. The molecular formula is C21H23N3O5. The molecule has 2 aromatic carbocycles. The highest BCUT2D eigenvalue weighted by Crippen LogP contribution is 2.20. The highest BCUT2D eigenvalue weighted by atomic mass is 16.4. The minimum Gasteiger partial charge on any atom is -0.481 e. The Morgan fingerprint density at radius 3 is 1.72 bits per heavy atom. The molecule has 1 amide bonds. The smallest absolute Gasteiger partial charge is 0.303 e. The van der Waals surface area contributed by atoms with E-state index in [2.05, 4.69) is 5.32 Å². The number of hydrogen-bond acceptors (Lipinski definition) is 4. The van der Waals surface area contributed by atoms with Crippen molar-refractivity contribution in [3.05, 3.63) is 59.7 Å². The van der Waals surface area contributed by atoms with Crippen LogP contribution in [0.1, 0.15) is 35.2 Å². The predicted octanol–water partition coefficient (Wildman–Crippen LogP) is 2.32. The lowest BCUT2D eigenvalue weighted by atomic mass is 9.97. The highest BCUT2D eigenvalue weighted by molar-refractivity contribution is 5.96. The van der Waals surface area contributed by atoms with Crippen LogP contribution >= 0.6 is 0 Å². The third kappa shape index (κ3) is 6.76. The molecule has 0 aliphatic rings. The molecule has 0 saturated carbocycles. The van der Waals surface area contributed by atoms with Gasteiger partial charge < -0.3 is 21.3 Å².